The summed E-state index contributed by atoms with van der Waals surface area (Å²) in [5.74, 6) is -7.42. The number of nitrogens with one attached hydrogen (secondary N) is 9. The van der Waals surface area contributed by atoms with Gasteiger partial charge in [-0.2, -0.15) is 0 Å². The molecule has 1 aliphatic heterocycles. The Hall–Kier alpha value is -8.43. The average molecular weight is 1060 g/mol. The molecule has 0 saturated carbocycles. The first kappa shape index (κ1) is 57.8. The number of aliphatic hydroxyl groups excluding tert-OH is 1. The van der Waals surface area contributed by atoms with Crippen LogP contribution in [-0.4, -0.2) is 125 Å². The molecular formula is C56H69N11O10. The van der Waals surface area contributed by atoms with Crippen molar-refractivity contribution in [3.8, 4) is 0 Å². The van der Waals surface area contributed by atoms with E-state index in [4.69, 9.17) is 11.5 Å². The Morgan fingerprint density at radius 2 is 1.00 bits per heavy atom. The van der Waals surface area contributed by atoms with Crippen molar-refractivity contribution >= 4 is 64.1 Å². The molecule has 21 heteroatoms. The molecule has 1 saturated heterocycles. The number of nitrogens with two attached hydrogens (primary N) is 2. The maximum Gasteiger partial charge on any atom is 0.245 e. The van der Waals surface area contributed by atoms with Gasteiger partial charge in [0.1, 0.15) is 42.3 Å². The quantitative estimate of drug-likeness (QED) is 0.0626. The van der Waals surface area contributed by atoms with Crippen molar-refractivity contribution in [3.63, 3.8) is 0 Å². The van der Waals surface area contributed by atoms with Crippen LogP contribution < -0.4 is 54.0 Å². The minimum Gasteiger partial charge on any atom is -0.391 e. The van der Waals surface area contributed by atoms with Gasteiger partial charge in [-0.15, -0.1) is 0 Å². The Labute approximate surface area is 446 Å². The predicted octanol–water partition coefficient (Wildman–Crippen LogP) is 0.127. The number of aromatic amines is 1. The molecule has 5 aromatic rings. The van der Waals surface area contributed by atoms with Crippen molar-refractivity contribution in [3.05, 3.63) is 144 Å². The second-order valence-corrected chi connectivity index (χ2v) is 19.1. The van der Waals surface area contributed by atoms with E-state index in [1.54, 1.807) is 97.2 Å². The number of aromatic nitrogens is 1. The van der Waals surface area contributed by atoms with E-state index in [1.807, 2.05) is 24.3 Å². The molecule has 8 atom stereocenters. The predicted molar refractivity (Wildman–Crippen MR) is 287 cm³/mol. The van der Waals surface area contributed by atoms with Gasteiger partial charge in [-0.05, 0) is 67.5 Å². The van der Waals surface area contributed by atoms with Crippen LogP contribution in [0.1, 0.15) is 67.7 Å². The fourth-order valence-corrected chi connectivity index (χ4v) is 8.94. The Balaban J connectivity index is 1.40. The van der Waals surface area contributed by atoms with Gasteiger partial charge in [-0.1, -0.05) is 109 Å². The fourth-order valence-electron chi connectivity index (χ4n) is 8.94. The summed E-state index contributed by atoms with van der Waals surface area (Å²) in [7, 11) is 0. The third-order valence-electron chi connectivity index (χ3n) is 13.1. The maximum atomic E-state index is 14.9. The largest absolute Gasteiger partial charge is 0.391 e. The lowest BCUT2D eigenvalue weighted by molar-refractivity contribution is -0.137. The van der Waals surface area contributed by atoms with Crippen molar-refractivity contribution in [2.24, 2.45) is 11.5 Å². The number of benzene rings is 4. The van der Waals surface area contributed by atoms with E-state index >= 15 is 0 Å². The topological polar surface area (TPSA) is 338 Å². The number of amides is 9. The molecule has 408 valence electrons. The third-order valence-corrected chi connectivity index (χ3v) is 13.1. The van der Waals surface area contributed by atoms with Gasteiger partial charge in [-0.3, -0.25) is 43.2 Å². The third kappa shape index (κ3) is 17.9. The molecule has 0 radical (unpaired) electrons. The molecule has 1 fully saturated rings. The molecule has 0 spiro atoms. The van der Waals surface area contributed by atoms with Gasteiger partial charge >= 0.3 is 0 Å². The number of H-pyrrole nitrogens is 1. The van der Waals surface area contributed by atoms with E-state index in [2.05, 4.69) is 47.5 Å². The van der Waals surface area contributed by atoms with Crippen LogP contribution in [0.4, 0.5) is 0 Å². The highest BCUT2D eigenvalue weighted by molar-refractivity contribution is 5.99. The molecule has 14 N–H and O–H groups in total. The number of hydrogen-bond donors (Lipinski definition) is 12. The summed E-state index contributed by atoms with van der Waals surface area (Å²) in [5.41, 5.74) is 14.7. The van der Waals surface area contributed by atoms with Gasteiger partial charge in [0.25, 0.3) is 0 Å². The van der Waals surface area contributed by atoms with Crippen LogP contribution in [0.25, 0.3) is 10.9 Å². The van der Waals surface area contributed by atoms with Crippen LogP contribution in [0.15, 0.2) is 121 Å². The fraction of sp³-hybridized carbons (Fsp3) is 0.375. The van der Waals surface area contributed by atoms with Crippen LogP contribution in [0.3, 0.4) is 0 Å². The molecule has 77 heavy (non-hydrogen) atoms. The monoisotopic (exact) mass is 1060 g/mol. The molecule has 1 aromatic heterocycles. The van der Waals surface area contributed by atoms with Gasteiger partial charge in [0.05, 0.1) is 12.5 Å². The molecule has 2 heterocycles. The number of para-hydroxylation sites is 1. The Bertz CT molecular complexity index is 2810. The molecular weight excluding hydrogens is 987 g/mol. The lowest BCUT2D eigenvalue weighted by atomic mass is 10.00. The van der Waals surface area contributed by atoms with E-state index < -0.39 is 108 Å². The number of carbonyl (C=O) groups excluding carboxylic acids is 9. The van der Waals surface area contributed by atoms with Crippen molar-refractivity contribution in [2.75, 3.05) is 13.1 Å². The van der Waals surface area contributed by atoms with E-state index in [0.717, 1.165) is 10.9 Å². The number of aliphatic hydroxyl groups is 1. The summed E-state index contributed by atoms with van der Waals surface area (Å²) in [6, 6.07) is 23.5. The number of primary amides is 1. The average Bonchev–Trinajstić information content (AvgIpc) is 3.83. The zero-order valence-electron chi connectivity index (χ0n) is 42.9. The Morgan fingerprint density at radius 3 is 1.52 bits per heavy atom. The Morgan fingerprint density at radius 1 is 0.545 bits per heavy atom. The summed E-state index contributed by atoms with van der Waals surface area (Å²) in [6.07, 6.45) is -0.182. The number of fused-ring (bicyclic) bond motifs is 1. The van der Waals surface area contributed by atoms with Crippen LogP contribution in [0, 0.1) is 0 Å². The van der Waals surface area contributed by atoms with Gasteiger partial charge in [-0.25, -0.2) is 0 Å². The van der Waals surface area contributed by atoms with Gasteiger partial charge in [0, 0.05) is 55.7 Å². The van der Waals surface area contributed by atoms with Crippen molar-refractivity contribution in [1.29, 1.82) is 0 Å². The van der Waals surface area contributed by atoms with E-state index in [1.165, 1.54) is 6.92 Å². The lowest BCUT2D eigenvalue weighted by Gasteiger charge is -2.29. The maximum absolute atomic E-state index is 14.9. The van der Waals surface area contributed by atoms with Crippen LogP contribution in [0.5, 0.6) is 0 Å². The number of carbonyl (C=O) groups is 9. The zero-order chi connectivity index (χ0) is 55.3. The van der Waals surface area contributed by atoms with Gasteiger partial charge in [0.2, 0.25) is 53.2 Å². The second kappa shape index (κ2) is 29.0. The van der Waals surface area contributed by atoms with Crippen molar-refractivity contribution in [1.82, 2.24) is 47.5 Å². The molecule has 9 amide bonds. The highest BCUT2D eigenvalue weighted by Crippen LogP contribution is 2.20. The van der Waals surface area contributed by atoms with E-state index in [0.29, 0.717) is 35.1 Å². The summed E-state index contributed by atoms with van der Waals surface area (Å²) >= 11 is 0. The molecule has 1 aliphatic rings. The summed E-state index contributed by atoms with van der Waals surface area (Å²) in [5, 5.41) is 33.3. The summed E-state index contributed by atoms with van der Waals surface area (Å²) in [4.78, 5) is 130. The first-order chi connectivity index (χ1) is 37.1. The molecule has 21 nitrogen and oxygen atoms in total. The summed E-state index contributed by atoms with van der Waals surface area (Å²) in [6.45, 7) is 1.46. The first-order valence-corrected chi connectivity index (χ1v) is 25.8. The molecule has 6 rings (SSSR count). The Kier molecular flexibility index (Phi) is 21.8. The normalized spacial score (nSPS) is 22.5. The molecule has 0 aliphatic carbocycles. The zero-order valence-corrected chi connectivity index (χ0v) is 42.9. The first-order valence-electron chi connectivity index (χ1n) is 25.8. The number of hydrogen-bond acceptors (Lipinski definition) is 11. The highest BCUT2D eigenvalue weighted by atomic mass is 16.3. The van der Waals surface area contributed by atoms with E-state index in [9.17, 15) is 48.3 Å². The van der Waals surface area contributed by atoms with Crippen LogP contribution in [0.2, 0.25) is 0 Å². The minimum atomic E-state index is -1.63. The van der Waals surface area contributed by atoms with Crippen LogP contribution in [-0.2, 0) is 68.8 Å². The van der Waals surface area contributed by atoms with Crippen molar-refractivity contribution < 1.29 is 48.3 Å². The second-order valence-electron chi connectivity index (χ2n) is 19.1. The molecule has 4 aromatic carbocycles. The number of rotatable bonds is 15. The number of unbranched alkanes of at least 4 members (excludes halogenated alkanes) is 1. The van der Waals surface area contributed by atoms with Gasteiger partial charge in [0.15, 0.2) is 0 Å². The smallest absolute Gasteiger partial charge is 0.245 e. The molecule has 0 unspecified atom stereocenters. The lowest BCUT2D eigenvalue weighted by Crippen LogP contribution is -2.62. The van der Waals surface area contributed by atoms with Crippen LogP contribution >= 0.6 is 0 Å². The standard InChI is InChI=1S/C56H69N11O10/c1-34(68)49-56(77)66-42(28-35-16-5-2-6-17-35)50(71)59-27-15-25-48(70)61-46(32-47(58)69)55(76)64-43(29-36-18-7-3-8-19-36)52(73)63-44(30-37-20-9-4-10-21-37)53(74)65-45(31-38-33-60-40-23-12-11-22-39(38)40)54(75)62-41(51(72)67-49)24-13-14-26-57/h2-12,16-23,33-34,41-46,49,60,68H,13-15,24-32,57H2,1H3,(H2,58,69)(H,59,71)(H,61,70)(H,62,75)(H,63,73)(H,64,76)(H,65,74)(H,66,77)(H,67,72)/t34-,41+,42+,43+,44+,45-,46+,49+/m1/s1. The highest BCUT2D eigenvalue weighted by Gasteiger charge is 2.36. The minimum absolute atomic E-state index is 0.0138. The van der Waals surface area contributed by atoms with E-state index in [-0.39, 0.29) is 58.0 Å². The van der Waals surface area contributed by atoms with Gasteiger partial charge < -0.3 is 64.1 Å². The van der Waals surface area contributed by atoms with Crippen molar-refractivity contribution in [2.45, 2.75) is 120 Å². The summed E-state index contributed by atoms with van der Waals surface area (Å²) < 4.78 is 0. The SMILES string of the molecule is C[C@@H](O)[C@@H]1NC(=O)[C@H](CCCCN)NC(=O)[C@@H](Cc2c[nH]c3ccccc23)NC(=O)[C@H](Cc2ccccc2)NC(=O)[C@H](Cc2ccccc2)NC(=O)[C@H](CC(N)=O)NC(=O)CCCNC(=O)[C@H](Cc2ccccc2)NC1=O. The molecule has 0 bridgehead atoms.